The highest BCUT2D eigenvalue weighted by Crippen LogP contribution is 2.21. The average Bonchev–Trinajstić information content (AvgIpc) is 2.77. The van der Waals surface area contributed by atoms with Gasteiger partial charge < -0.3 is 10.5 Å². The largest absolute Gasteiger partial charge is 0.377 e. The number of nitrogens with zero attached hydrogens (tertiary/aromatic N) is 2. The molecule has 7 heteroatoms. The lowest BCUT2D eigenvalue weighted by molar-refractivity contribution is 0.0849. The lowest BCUT2D eigenvalue weighted by atomic mass is 10.1. The van der Waals surface area contributed by atoms with Crippen molar-refractivity contribution in [3.05, 3.63) is 0 Å². The highest BCUT2D eigenvalue weighted by Gasteiger charge is 2.37. The Hall–Kier alpha value is -0.210. The zero-order valence-electron chi connectivity index (χ0n) is 10.2. The van der Waals surface area contributed by atoms with Crippen molar-refractivity contribution >= 4 is 10.2 Å². The first-order valence-corrected chi connectivity index (χ1v) is 7.47. The average molecular weight is 263 g/mol. The van der Waals surface area contributed by atoms with Crippen molar-refractivity contribution in [1.82, 2.24) is 8.61 Å². The maximum Gasteiger partial charge on any atom is 0.281 e. The maximum atomic E-state index is 12.1. The number of nitrogens with two attached hydrogens (primary N) is 1. The van der Waals surface area contributed by atoms with Crippen LogP contribution in [0, 0.1) is 5.92 Å². The predicted molar refractivity (Wildman–Crippen MR) is 64.6 cm³/mol. The van der Waals surface area contributed by atoms with Crippen molar-refractivity contribution < 1.29 is 13.2 Å². The van der Waals surface area contributed by atoms with Crippen LogP contribution < -0.4 is 5.73 Å². The summed E-state index contributed by atoms with van der Waals surface area (Å²) in [5, 5.41) is 0. The van der Waals surface area contributed by atoms with Crippen molar-refractivity contribution in [2.75, 3.05) is 39.8 Å². The van der Waals surface area contributed by atoms with Crippen LogP contribution in [0.5, 0.6) is 0 Å². The normalized spacial score (nSPS) is 35.2. The molecule has 0 amide bonds. The third kappa shape index (κ3) is 2.79. The topological polar surface area (TPSA) is 75.9 Å². The number of hydrogen-bond donors (Lipinski definition) is 1. The first-order valence-electron chi connectivity index (χ1n) is 6.07. The second-order valence-electron chi connectivity index (χ2n) is 4.84. The van der Waals surface area contributed by atoms with E-state index in [1.54, 1.807) is 7.05 Å². The van der Waals surface area contributed by atoms with E-state index in [4.69, 9.17) is 10.5 Å². The van der Waals surface area contributed by atoms with Crippen LogP contribution >= 0.6 is 0 Å². The summed E-state index contributed by atoms with van der Waals surface area (Å²) >= 11 is 0. The van der Waals surface area contributed by atoms with Crippen LogP contribution in [0.1, 0.15) is 12.8 Å². The van der Waals surface area contributed by atoms with Crippen LogP contribution in [0.2, 0.25) is 0 Å². The van der Waals surface area contributed by atoms with Crippen LogP contribution in [-0.4, -0.2) is 63.0 Å². The van der Waals surface area contributed by atoms with Gasteiger partial charge in [0.15, 0.2) is 0 Å². The Morgan fingerprint density at radius 3 is 2.76 bits per heavy atom. The molecule has 2 heterocycles. The number of hydrogen-bond acceptors (Lipinski definition) is 4. The molecule has 100 valence electrons. The van der Waals surface area contributed by atoms with E-state index in [1.165, 1.54) is 8.61 Å². The smallest absolute Gasteiger partial charge is 0.281 e. The summed E-state index contributed by atoms with van der Waals surface area (Å²) in [5.74, 6) is 0.213. The standard InChI is InChI=1S/C10H21N3O3S/c1-12-6-9(5-11)7-13(17(12,14)15)8-10-3-2-4-16-10/h9-10H,2-8,11H2,1H3. The van der Waals surface area contributed by atoms with E-state index in [9.17, 15) is 8.42 Å². The van der Waals surface area contributed by atoms with E-state index in [2.05, 4.69) is 0 Å². The summed E-state index contributed by atoms with van der Waals surface area (Å²) in [6.45, 7) is 2.75. The molecular formula is C10H21N3O3S. The predicted octanol–water partition coefficient (Wildman–Crippen LogP) is -0.767. The van der Waals surface area contributed by atoms with Gasteiger partial charge in [0.1, 0.15) is 0 Å². The molecule has 0 bridgehead atoms. The first-order chi connectivity index (χ1) is 8.04. The molecule has 0 aromatic heterocycles. The molecule has 0 aliphatic carbocycles. The second kappa shape index (κ2) is 5.19. The molecule has 2 aliphatic rings. The third-order valence-electron chi connectivity index (χ3n) is 3.46. The second-order valence-corrected chi connectivity index (χ2v) is 6.88. The van der Waals surface area contributed by atoms with Gasteiger partial charge >= 0.3 is 0 Å². The van der Waals surface area contributed by atoms with Gasteiger partial charge in [-0.15, -0.1) is 0 Å². The SMILES string of the molecule is CN1CC(CN)CN(CC2CCCO2)S1(=O)=O. The summed E-state index contributed by atoms with van der Waals surface area (Å²) in [6.07, 6.45) is 2.02. The Bertz CT molecular complexity index is 354. The molecule has 2 rings (SSSR count). The fraction of sp³-hybridized carbons (Fsp3) is 1.00. The minimum Gasteiger partial charge on any atom is -0.377 e. The molecule has 0 radical (unpaired) electrons. The fourth-order valence-electron chi connectivity index (χ4n) is 2.43. The Morgan fingerprint density at radius 1 is 1.41 bits per heavy atom. The van der Waals surface area contributed by atoms with Gasteiger partial charge in [0.05, 0.1) is 6.10 Å². The molecular weight excluding hydrogens is 242 g/mol. The Kier molecular flexibility index (Phi) is 4.04. The van der Waals surface area contributed by atoms with Gasteiger partial charge in [0, 0.05) is 33.3 Å². The van der Waals surface area contributed by atoms with Gasteiger partial charge in [0.25, 0.3) is 10.2 Å². The van der Waals surface area contributed by atoms with Crippen LogP contribution in [0.15, 0.2) is 0 Å². The molecule has 2 atom stereocenters. The Morgan fingerprint density at radius 2 is 2.18 bits per heavy atom. The van der Waals surface area contributed by atoms with Gasteiger partial charge in [-0.25, -0.2) is 0 Å². The Labute approximate surface area is 103 Å². The summed E-state index contributed by atoms with van der Waals surface area (Å²) in [5.41, 5.74) is 5.65. The van der Waals surface area contributed by atoms with Crippen molar-refractivity contribution in [2.24, 2.45) is 11.7 Å². The van der Waals surface area contributed by atoms with Crippen molar-refractivity contribution in [1.29, 1.82) is 0 Å². The van der Waals surface area contributed by atoms with Crippen LogP contribution in [-0.2, 0) is 14.9 Å². The quantitative estimate of drug-likeness (QED) is 0.725. The molecule has 2 unspecified atom stereocenters. The summed E-state index contributed by atoms with van der Waals surface area (Å²) in [6, 6.07) is 0. The molecule has 2 N–H and O–H groups in total. The molecule has 2 saturated heterocycles. The summed E-state index contributed by atoms with van der Waals surface area (Å²) in [4.78, 5) is 0. The highest BCUT2D eigenvalue weighted by atomic mass is 32.2. The molecule has 6 nitrogen and oxygen atoms in total. The number of rotatable bonds is 3. The minimum atomic E-state index is -3.30. The van der Waals surface area contributed by atoms with E-state index in [-0.39, 0.29) is 12.0 Å². The van der Waals surface area contributed by atoms with Crippen LogP contribution in [0.3, 0.4) is 0 Å². The minimum absolute atomic E-state index is 0.0506. The van der Waals surface area contributed by atoms with Crippen molar-refractivity contribution in [3.8, 4) is 0 Å². The maximum absolute atomic E-state index is 12.1. The molecule has 2 fully saturated rings. The monoisotopic (exact) mass is 263 g/mol. The lowest BCUT2D eigenvalue weighted by Gasteiger charge is -2.37. The molecule has 2 aliphatic heterocycles. The third-order valence-corrected chi connectivity index (χ3v) is 5.35. The molecule has 0 aromatic rings. The zero-order chi connectivity index (χ0) is 12.5. The van der Waals surface area contributed by atoms with Gasteiger partial charge in [-0.3, -0.25) is 0 Å². The van der Waals surface area contributed by atoms with Crippen molar-refractivity contribution in [2.45, 2.75) is 18.9 Å². The molecule has 0 aromatic carbocycles. The van der Waals surface area contributed by atoms with Crippen molar-refractivity contribution in [3.63, 3.8) is 0 Å². The number of ether oxygens (including phenoxy) is 1. The fourth-order valence-corrected chi connectivity index (χ4v) is 3.98. The summed E-state index contributed by atoms with van der Waals surface area (Å²) in [7, 11) is -1.69. The van der Waals surface area contributed by atoms with Gasteiger partial charge in [-0.2, -0.15) is 17.0 Å². The highest BCUT2D eigenvalue weighted by molar-refractivity contribution is 7.86. The van der Waals surface area contributed by atoms with E-state index in [0.717, 1.165) is 19.4 Å². The molecule has 0 saturated carbocycles. The van der Waals surface area contributed by atoms with E-state index < -0.39 is 10.2 Å². The van der Waals surface area contributed by atoms with E-state index in [1.807, 2.05) is 0 Å². The van der Waals surface area contributed by atoms with Gasteiger partial charge in [0.2, 0.25) is 0 Å². The molecule has 17 heavy (non-hydrogen) atoms. The van der Waals surface area contributed by atoms with E-state index >= 15 is 0 Å². The summed E-state index contributed by atoms with van der Waals surface area (Å²) < 4.78 is 32.6. The lowest BCUT2D eigenvalue weighted by Crippen LogP contribution is -2.55. The van der Waals surface area contributed by atoms with Crippen LogP contribution in [0.25, 0.3) is 0 Å². The first kappa shape index (κ1) is 13.2. The van der Waals surface area contributed by atoms with Crippen LogP contribution in [0.4, 0.5) is 0 Å². The van der Waals surface area contributed by atoms with E-state index in [0.29, 0.717) is 26.2 Å². The van der Waals surface area contributed by atoms with Gasteiger partial charge in [-0.05, 0) is 25.3 Å². The zero-order valence-corrected chi connectivity index (χ0v) is 11.0. The van der Waals surface area contributed by atoms with Gasteiger partial charge in [-0.1, -0.05) is 0 Å². The molecule has 0 spiro atoms. The Balaban J connectivity index is 2.05.